The van der Waals surface area contributed by atoms with Gasteiger partial charge in [0.05, 0.1) is 17.0 Å². The van der Waals surface area contributed by atoms with Crippen molar-refractivity contribution in [2.24, 2.45) is 0 Å². The number of carbonyl (C=O) groups excluding carboxylic acids is 1. The lowest BCUT2D eigenvalue weighted by Gasteiger charge is -2.14. The third-order valence-corrected chi connectivity index (χ3v) is 5.34. The van der Waals surface area contributed by atoms with Crippen LogP contribution in [0.1, 0.15) is 41.1 Å². The lowest BCUT2D eigenvalue weighted by atomic mass is 9.93. The zero-order chi connectivity index (χ0) is 15.0. The fourth-order valence-corrected chi connectivity index (χ4v) is 4.10. The average molecular weight is 315 g/mol. The number of hydrogen-bond acceptors (Lipinski definition) is 4. The van der Waals surface area contributed by atoms with Gasteiger partial charge in [0.25, 0.3) is 0 Å². The van der Waals surface area contributed by atoms with Gasteiger partial charge in [-0.15, -0.1) is 22.7 Å². The lowest BCUT2D eigenvalue weighted by Crippen LogP contribution is -2.12. The van der Waals surface area contributed by atoms with E-state index in [-0.39, 0.29) is 11.2 Å². The maximum Gasteiger partial charge on any atom is 0.179 e. The van der Waals surface area contributed by atoms with Crippen LogP contribution in [-0.2, 0) is 11.8 Å². The molecule has 0 atom stereocenters. The fourth-order valence-electron chi connectivity index (χ4n) is 2.08. The van der Waals surface area contributed by atoms with Crippen molar-refractivity contribution in [2.75, 3.05) is 0 Å². The van der Waals surface area contributed by atoms with Gasteiger partial charge in [0.1, 0.15) is 5.01 Å². The second-order valence-electron chi connectivity index (χ2n) is 6.12. The van der Waals surface area contributed by atoms with Crippen LogP contribution in [0.2, 0.25) is 0 Å². The molecule has 0 N–H and O–H groups in total. The van der Waals surface area contributed by atoms with E-state index in [9.17, 15) is 4.79 Å². The monoisotopic (exact) mass is 315 g/mol. The highest BCUT2D eigenvalue weighted by Crippen LogP contribution is 2.28. The molecular formula is C17H17NOS2. The molecule has 4 heteroatoms. The maximum absolute atomic E-state index is 12.4. The van der Waals surface area contributed by atoms with Gasteiger partial charge in [0.2, 0.25) is 0 Å². The molecule has 0 spiro atoms. The van der Waals surface area contributed by atoms with E-state index in [1.165, 1.54) is 0 Å². The molecule has 0 saturated heterocycles. The van der Waals surface area contributed by atoms with Gasteiger partial charge in [-0.25, -0.2) is 4.98 Å². The number of fused-ring (bicyclic) bond motifs is 1. The van der Waals surface area contributed by atoms with Gasteiger partial charge in [-0.1, -0.05) is 39.0 Å². The largest absolute Gasteiger partial charge is 0.293 e. The second-order valence-corrected chi connectivity index (χ2v) is 8.15. The van der Waals surface area contributed by atoms with E-state index in [4.69, 9.17) is 0 Å². The summed E-state index contributed by atoms with van der Waals surface area (Å²) in [4.78, 5) is 17.8. The number of carbonyl (C=O) groups is 1. The Morgan fingerprint density at radius 3 is 2.67 bits per heavy atom. The van der Waals surface area contributed by atoms with E-state index in [0.29, 0.717) is 6.42 Å². The molecule has 0 bridgehead atoms. The molecule has 2 aromatic heterocycles. The first-order chi connectivity index (χ1) is 9.93. The maximum atomic E-state index is 12.4. The first kappa shape index (κ1) is 14.4. The van der Waals surface area contributed by atoms with Crippen molar-refractivity contribution in [2.45, 2.75) is 32.6 Å². The molecule has 1 aromatic carbocycles. The van der Waals surface area contributed by atoms with Crippen LogP contribution in [0.15, 0.2) is 35.7 Å². The summed E-state index contributed by atoms with van der Waals surface area (Å²) in [6.45, 7) is 6.42. The minimum atomic E-state index is 0.0371. The highest BCUT2D eigenvalue weighted by Gasteiger charge is 2.19. The van der Waals surface area contributed by atoms with Crippen LogP contribution < -0.4 is 0 Å². The molecule has 0 aliphatic rings. The standard InChI is InChI=1S/C17H17NOS2/c1-17(2,3)15-10-20-16(18-15)9-12(19)14-8-11-6-4-5-7-13(11)21-14/h4-8,10H,9H2,1-3H3. The number of thiazole rings is 1. The lowest BCUT2D eigenvalue weighted by molar-refractivity contribution is 0.0996. The minimum Gasteiger partial charge on any atom is -0.293 e. The summed E-state index contributed by atoms with van der Waals surface area (Å²) in [7, 11) is 0. The third kappa shape index (κ3) is 3.06. The number of ketones is 1. The topological polar surface area (TPSA) is 30.0 Å². The molecule has 2 heterocycles. The summed E-state index contributed by atoms with van der Waals surface area (Å²) < 4.78 is 1.16. The van der Waals surface area contributed by atoms with E-state index in [2.05, 4.69) is 37.2 Å². The van der Waals surface area contributed by atoms with Crippen molar-refractivity contribution < 1.29 is 4.79 Å². The fraction of sp³-hybridized carbons (Fsp3) is 0.294. The van der Waals surface area contributed by atoms with Gasteiger partial charge in [-0.3, -0.25) is 4.79 Å². The Morgan fingerprint density at radius 2 is 2.00 bits per heavy atom. The average Bonchev–Trinajstić information content (AvgIpc) is 3.03. The van der Waals surface area contributed by atoms with Crippen molar-refractivity contribution in [1.82, 2.24) is 4.98 Å². The molecule has 3 rings (SSSR count). The van der Waals surface area contributed by atoms with E-state index >= 15 is 0 Å². The van der Waals surface area contributed by atoms with Gasteiger partial charge >= 0.3 is 0 Å². The zero-order valence-electron chi connectivity index (χ0n) is 12.3. The number of benzene rings is 1. The highest BCUT2D eigenvalue weighted by atomic mass is 32.1. The Bertz CT molecular complexity index is 759. The molecule has 2 nitrogen and oxygen atoms in total. The van der Waals surface area contributed by atoms with Gasteiger partial charge in [-0.05, 0) is 17.5 Å². The van der Waals surface area contributed by atoms with Crippen LogP contribution in [0.3, 0.4) is 0 Å². The quantitative estimate of drug-likeness (QED) is 0.631. The number of nitrogens with zero attached hydrogens (tertiary/aromatic N) is 1. The molecule has 108 valence electrons. The number of rotatable bonds is 3. The van der Waals surface area contributed by atoms with E-state index in [1.54, 1.807) is 22.7 Å². The minimum absolute atomic E-state index is 0.0371. The Hall–Kier alpha value is -1.52. The molecule has 0 amide bonds. The molecule has 0 aliphatic heterocycles. The normalized spacial score (nSPS) is 12.0. The Kier molecular flexibility index (Phi) is 3.68. The van der Waals surface area contributed by atoms with Gasteiger partial charge in [0.15, 0.2) is 5.78 Å². The zero-order valence-corrected chi connectivity index (χ0v) is 14.0. The van der Waals surface area contributed by atoms with Crippen LogP contribution in [0.25, 0.3) is 10.1 Å². The predicted octanol–water partition coefficient (Wildman–Crippen LogP) is 5.08. The number of aromatic nitrogens is 1. The summed E-state index contributed by atoms with van der Waals surface area (Å²) in [5.74, 6) is 0.158. The Balaban J connectivity index is 1.81. The Morgan fingerprint density at radius 1 is 1.24 bits per heavy atom. The molecule has 0 aliphatic carbocycles. The van der Waals surface area contributed by atoms with Gasteiger partial charge in [-0.2, -0.15) is 0 Å². The predicted molar refractivity (Wildman–Crippen MR) is 90.7 cm³/mol. The molecule has 21 heavy (non-hydrogen) atoms. The Labute approximate surface area is 132 Å². The van der Waals surface area contributed by atoms with Crippen molar-refractivity contribution in [3.05, 3.63) is 51.3 Å². The second kappa shape index (κ2) is 5.35. The van der Waals surface area contributed by atoms with E-state index in [0.717, 1.165) is 25.7 Å². The third-order valence-electron chi connectivity index (χ3n) is 3.33. The number of thiophene rings is 1. The van der Waals surface area contributed by atoms with E-state index in [1.807, 2.05) is 24.3 Å². The first-order valence-electron chi connectivity index (χ1n) is 6.90. The van der Waals surface area contributed by atoms with Crippen LogP contribution in [0.5, 0.6) is 0 Å². The molecule has 0 radical (unpaired) electrons. The molecule has 0 unspecified atom stereocenters. The van der Waals surface area contributed by atoms with Crippen molar-refractivity contribution in [3.8, 4) is 0 Å². The van der Waals surface area contributed by atoms with Crippen LogP contribution >= 0.6 is 22.7 Å². The molecule has 3 aromatic rings. The van der Waals surface area contributed by atoms with Crippen molar-refractivity contribution in [1.29, 1.82) is 0 Å². The summed E-state index contributed by atoms with van der Waals surface area (Å²) in [5.41, 5.74) is 1.10. The molecule has 0 saturated carbocycles. The summed E-state index contributed by atoms with van der Waals surface area (Å²) in [6, 6.07) is 10.1. The first-order valence-corrected chi connectivity index (χ1v) is 8.60. The van der Waals surface area contributed by atoms with Crippen LogP contribution in [0, 0.1) is 0 Å². The summed E-state index contributed by atoms with van der Waals surface area (Å²) in [5, 5.41) is 4.11. The van der Waals surface area contributed by atoms with E-state index < -0.39 is 0 Å². The van der Waals surface area contributed by atoms with Crippen LogP contribution in [-0.4, -0.2) is 10.8 Å². The summed E-state index contributed by atoms with van der Waals surface area (Å²) in [6.07, 6.45) is 0.396. The molecular weight excluding hydrogens is 298 g/mol. The van der Waals surface area contributed by atoms with Crippen LogP contribution in [0.4, 0.5) is 0 Å². The smallest absolute Gasteiger partial charge is 0.179 e. The van der Waals surface area contributed by atoms with Crippen molar-refractivity contribution >= 4 is 38.5 Å². The summed E-state index contributed by atoms with van der Waals surface area (Å²) >= 11 is 3.14. The highest BCUT2D eigenvalue weighted by molar-refractivity contribution is 7.20. The number of hydrogen-bond donors (Lipinski definition) is 0. The van der Waals surface area contributed by atoms with Gasteiger partial charge < -0.3 is 0 Å². The van der Waals surface area contributed by atoms with Crippen molar-refractivity contribution in [3.63, 3.8) is 0 Å². The molecule has 0 fully saturated rings. The van der Waals surface area contributed by atoms with Gasteiger partial charge in [0, 0.05) is 15.5 Å². The number of Topliss-reactive ketones (excluding diaryl/α,β-unsaturated/α-hetero) is 1. The SMILES string of the molecule is CC(C)(C)c1csc(CC(=O)c2cc3ccccc3s2)n1.